The second-order valence-corrected chi connectivity index (χ2v) is 13.6. The van der Waals surface area contributed by atoms with Gasteiger partial charge in [-0.1, -0.05) is 201 Å². The predicted octanol–water partition coefficient (Wildman–Crippen LogP) is 12.6. The van der Waals surface area contributed by atoms with Crippen LogP contribution < -0.4 is 5.73 Å². The average Bonchev–Trinajstić information content (AvgIpc) is 3.00. The first-order valence-electron chi connectivity index (χ1n) is 19.4. The SMILES string of the molecule is CCCCCCCCCCCCCCCCCC(=O)C(C)C(N)C(=O)CCCCCCCCCCCCCCCCC. The molecule has 0 bridgehead atoms. The third-order valence-electron chi connectivity index (χ3n) is 9.47. The number of hydrogen-bond acceptors (Lipinski definition) is 3. The maximum atomic E-state index is 12.6. The lowest BCUT2D eigenvalue weighted by atomic mass is 9.89. The summed E-state index contributed by atoms with van der Waals surface area (Å²) in [6.45, 7) is 6.42. The molecule has 2 atom stereocenters. The topological polar surface area (TPSA) is 60.2 Å². The molecular weight excluding hydrogens is 514 g/mol. The second-order valence-electron chi connectivity index (χ2n) is 13.6. The van der Waals surface area contributed by atoms with Crippen molar-refractivity contribution in [3.05, 3.63) is 0 Å². The molecule has 0 aliphatic rings. The van der Waals surface area contributed by atoms with Gasteiger partial charge in [0.2, 0.25) is 0 Å². The third-order valence-corrected chi connectivity index (χ3v) is 9.47. The highest BCUT2D eigenvalue weighted by Gasteiger charge is 2.25. The fourth-order valence-electron chi connectivity index (χ4n) is 6.21. The van der Waals surface area contributed by atoms with Crippen LogP contribution in [0.15, 0.2) is 0 Å². The lowest BCUT2D eigenvalue weighted by molar-refractivity contribution is -0.129. The van der Waals surface area contributed by atoms with Gasteiger partial charge in [0.25, 0.3) is 0 Å². The minimum Gasteiger partial charge on any atom is -0.321 e. The average molecular weight is 592 g/mol. The summed E-state index contributed by atoms with van der Waals surface area (Å²) < 4.78 is 0. The third kappa shape index (κ3) is 28.1. The molecule has 2 unspecified atom stereocenters. The lowest BCUT2D eigenvalue weighted by Gasteiger charge is -2.17. The lowest BCUT2D eigenvalue weighted by Crippen LogP contribution is -2.40. The van der Waals surface area contributed by atoms with E-state index in [0.29, 0.717) is 12.8 Å². The Morgan fingerprint density at radius 2 is 0.595 bits per heavy atom. The molecule has 42 heavy (non-hydrogen) atoms. The van der Waals surface area contributed by atoms with Gasteiger partial charge in [0, 0.05) is 18.8 Å². The molecule has 0 amide bonds. The Labute approximate surface area is 264 Å². The highest BCUT2D eigenvalue weighted by Crippen LogP contribution is 2.17. The van der Waals surface area contributed by atoms with Crippen molar-refractivity contribution in [1.82, 2.24) is 0 Å². The Hall–Kier alpha value is -0.700. The zero-order valence-corrected chi connectivity index (χ0v) is 29.2. The molecule has 0 aromatic heterocycles. The Morgan fingerprint density at radius 1 is 0.381 bits per heavy atom. The molecule has 0 saturated heterocycles. The van der Waals surface area contributed by atoms with Crippen LogP contribution in [0.3, 0.4) is 0 Å². The van der Waals surface area contributed by atoms with E-state index in [9.17, 15) is 9.59 Å². The van der Waals surface area contributed by atoms with Gasteiger partial charge in [0.1, 0.15) is 11.6 Å². The number of carbonyl (C=O) groups excluding carboxylic acids is 2. The Morgan fingerprint density at radius 3 is 0.857 bits per heavy atom. The van der Waals surface area contributed by atoms with Gasteiger partial charge >= 0.3 is 0 Å². The first-order chi connectivity index (χ1) is 20.5. The standard InChI is InChI=1S/C39H77NO2/c1-4-6-8-10-12-14-16-18-20-22-24-26-28-30-32-34-37(41)36(3)39(40)38(42)35-33-31-29-27-25-23-21-19-17-15-13-11-9-7-5-2/h36,39H,4-35,40H2,1-3H3. The summed E-state index contributed by atoms with van der Waals surface area (Å²) in [5.41, 5.74) is 6.21. The summed E-state index contributed by atoms with van der Waals surface area (Å²) in [4.78, 5) is 25.2. The Kier molecular flexibility index (Phi) is 32.6. The van der Waals surface area contributed by atoms with E-state index >= 15 is 0 Å². The van der Waals surface area contributed by atoms with Gasteiger partial charge in [-0.05, 0) is 12.8 Å². The number of unbranched alkanes of at least 4 members (excludes halogenated alkanes) is 28. The van der Waals surface area contributed by atoms with E-state index in [0.717, 1.165) is 25.7 Å². The molecule has 0 aliphatic heterocycles. The van der Waals surface area contributed by atoms with Gasteiger partial charge < -0.3 is 5.73 Å². The number of Topliss-reactive ketones (excluding diaryl/α,β-unsaturated/α-hetero) is 2. The number of rotatable bonds is 35. The van der Waals surface area contributed by atoms with Crippen LogP contribution in [-0.4, -0.2) is 17.6 Å². The van der Waals surface area contributed by atoms with Gasteiger partial charge in [-0.3, -0.25) is 9.59 Å². The van der Waals surface area contributed by atoms with Crippen LogP contribution in [0, 0.1) is 5.92 Å². The molecule has 0 spiro atoms. The van der Waals surface area contributed by atoms with Crippen molar-refractivity contribution in [2.75, 3.05) is 0 Å². The van der Waals surface area contributed by atoms with Crippen molar-refractivity contribution in [1.29, 1.82) is 0 Å². The molecule has 0 saturated carbocycles. The van der Waals surface area contributed by atoms with Crippen molar-refractivity contribution in [2.45, 2.75) is 232 Å². The fourth-order valence-corrected chi connectivity index (χ4v) is 6.21. The number of nitrogens with two attached hydrogens (primary N) is 1. The molecule has 250 valence electrons. The maximum absolute atomic E-state index is 12.6. The summed E-state index contributed by atoms with van der Waals surface area (Å²) in [5, 5.41) is 0. The zero-order valence-electron chi connectivity index (χ0n) is 29.2. The summed E-state index contributed by atoms with van der Waals surface area (Å²) >= 11 is 0. The van der Waals surface area contributed by atoms with Crippen LogP contribution in [0.25, 0.3) is 0 Å². The monoisotopic (exact) mass is 592 g/mol. The van der Waals surface area contributed by atoms with Crippen molar-refractivity contribution in [3.8, 4) is 0 Å². The van der Waals surface area contributed by atoms with Gasteiger partial charge in [0.05, 0.1) is 6.04 Å². The van der Waals surface area contributed by atoms with Crippen molar-refractivity contribution in [2.24, 2.45) is 11.7 Å². The molecule has 0 aliphatic carbocycles. The maximum Gasteiger partial charge on any atom is 0.150 e. The Balaban J connectivity index is 3.53. The molecule has 3 heteroatoms. The summed E-state index contributed by atoms with van der Waals surface area (Å²) in [5.74, 6) is -0.0652. The van der Waals surface area contributed by atoms with E-state index < -0.39 is 6.04 Å². The molecule has 0 aromatic carbocycles. The Bertz CT molecular complexity index is 525. The fraction of sp³-hybridized carbons (Fsp3) is 0.949. The van der Waals surface area contributed by atoms with Crippen LogP contribution >= 0.6 is 0 Å². The molecule has 3 nitrogen and oxygen atoms in total. The molecule has 0 fully saturated rings. The summed E-state index contributed by atoms with van der Waals surface area (Å²) in [6.07, 6.45) is 40.9. The molecule has 2 N–H and O–H groups in total. The largest absolute Gasteiger partial charge is 0.321 e. The first-order valence-corrected chi connectivity index (χ1v) is 19.4. The van der Waals surface area contributed by atoms with Crippen LogP contribution in [0.5, 0.6) is 0 Å². The van der Waals surface area contributed by atoms with E-state index in [-0.39, 0.29) is 17.5 Å². The number of ketones is 2. The van der Waals surface area contributed by atoms with Crippen LogP contribution in [-0.2, 0) is 9.59 Å². The molecule has 0 heterocycles. The first kappa shape index (κ1) is 41.3. The molecule has 0 aromatic rings. The molecular formula is C39H77NO2. The van der Waals surface area contributed by atoms with E-state index in [2.05, 4.69) is 13.8 Å². The summed E-state index contributed by atoms with van der Waals surface area (Å²) in [6, 6.07) is -0.611. The van der Waals surface area contributed by atoms with E-state index in [1.54, 1.807) is 0 Å². The minimum atomic E-state index is -0.611. The highest BCUT2D eigenvalue weighted by atomic mass is 16.1. The van der Waals surface area contributed by atoms with E-state index in [1.165, 1.54) is 167 Å². The van der Waals surface area contributed by atoms with Crippen molar-refractivity contribution in [3.63, 3.8) is 0 Å². The highest BCUT2D eigenvalue weighted by molar-refractivity contribution is 5.91. The molecule has 0 radical (unpaired) electrons. The second kappa shape index (κ2) is 33.2. The minimum absolute atomic E-state index is 0.0852. The number of hydrogen-bond donors (Lipinski definition) is 1. The van der Waals surface area contributed by atoms with E-state index in [4.69, 9.17) is 5.73 Å². The van der Waals surface area contributed by atoms with Crippen LogP contribution in [0.4, 0.5) is 0 Å². The van der Waals surface area contributed by atoms with Crippen LogP contribution in [0.2, 0.25) is 0 Å². The summed E-state index contributed by atoms with van der Waals surface area (Å²) in [7, 11) is 0. The van der Waals surface area contributed by atoms with Crippen molar-refractivity contribution < 1.29 is 9.59 Å². The normalized spacial score (nSPS) is 13.0. The van der Waals surface area contributed by atoms with Crippen molar-refractivity contribution >= 4 is 11.6 Å². The quantitative estimate of drug-likeness (QED) is 0.0746. The zero-order chi connectivity index (χ0) is 30.9. The van der Waals surface area contributed by atoms with Gasteiger partial charge in [-0.15, -0.1) is 0 Å². The van der Waals surface area contributed by atoms with Gasteiger partial charge in [-0.2, -0.15) is 0 Å². The number of carbonyl (C=O) groups is 2. The predicted molar refractivity (Wildman–Crippen MR) is 186 cm³/mol. The molecule has 0 rings (SSSR count). The van der Waals surface area contributed by atoms with Crippen LogP contribution in [0.1, 0.15) is 226 Å². The van der Waals surface area contributed by atoms with E-state index in [1.807, 2.05) is 6.92 Å². The van der Waals surface area contributed by atoms with Gasteiger partial charge in [-0.25, -0.2) is 0 Å². The smallest absolute Gasteiger partial charge is 0.150 e. The van der Waals surface area contributed by atoms with Gasteiger partial charge in [0.15, 0.2) is 0 Å².